The molecule has 0 aromatic carbocycles. The van der Waals surface area contributed by atoms with E-state index < -0.39 is 0 Å². The standard InChI is InChI=1S/C11H25N3O/c1-9(2)14-10(15)8-12-6-7-13-11(3,4)5/h9,12-13H,6-8H2,1-5H3,(H,14,15). The first kappa shape index (κ1) is 14.4. The number of nitrogens with one attached hydrogen (secondary N) is 3. The van der Waals surface area contributed by atoms with Crippen molar-refractivity contribution in [1.29, 1.82) is 0 Å². The van der Waals surface area contributed by atoms with Crippen molar-refractivity contribution in [3.63, 3.8) is 0 Å². The topological polar surface area (TPSA) is 53.2 Å². The molecule has 4 nitrogen and oxygen atoms in total. The summed E-state index contributed by atoms with van der Waals surface area (Å²) in [5.74, 6) is 0.0563. The van der Waals surface area contributed by atoms with Crippen molar-refractivity contribution in [3.05, 3.63) is 0 Å². The lowest BCUT2D eigenvalue weighted by Crippen LogP contribution is -2.43. The van der Waals surface area contributed by atoms with Crippen LogP contribution in [0.15, 0.2) is 0 Å². The third kappa shape index (κ3) is 11.3. The summed E-state index contributed by atoms with van der Waals surface area (Å²) in [4.78, 5) is 11.2. The Morgan fingerprint density at radius 1 is 1.20 bits per heavy atom. The maximum Gasteiger partial charge on any atom is 0.234 e. The minimum atomic E-state index is 0.0563. The molecule has 15 heavy (non-hydrogen) atoms. The fourth-order valence-corrected chi connectivity index (χ4v) is 1.10. The summed E-state index contributed by atoms with van der Waals surface area (Å²) in [6.07, 6.45) is 0. The molecule has 0 heterocycles. The van der Waals surface area contributed by atoms with Crippen molar-refractivity contribution in [3.8, 4) is 0 Å². The van der Waals surface area contributed by atoms with Gasteiger partial charge in [0.25, 0.3) is 0 Å². The predicted octanol–water partition coefficient (Wildman–Crippen LogP) is 0.489. The quantitative estimate of drug-likeness (QED) is 0.565. The van der Waals surface area contributed by atoms with E-state index in [2.05, 4.69) is 36.7 Å². The highest BCUT2D eigenvalue weighted by atomic mass is 16.1. The van der Waals surface area contributed by atoms with E-state index in [-0.39, 0.29) is 17.5 Å². The molecule has 0 rings (SSSR count). The van der Waals surface area contributed by atoms with Crippen LogP contribution in [0.3, 0.4) is 0 Å². The van der Waals surface area contributed by atoms with Gasteiger partial charge in [0, 0.05) is 24.7 Å². The monoisotopic (exact) mass is 215 g/mol. The van der Waals surface area contributed by atoms with E-state index in [0.29, 0.717) is 6.54 Å². The van der Waals surface area contributed by atoms with Crippen molar-refractivity contribution in [1.82, 2.24) is 16.0 Å². The third-order valence-electron chi connectivity index (χ3n) is 1.69. The van der Waals surface area contributed by atoms with Gasteiger partial charge in [-0.05, 0) is 34.6 Å². The Bertz CT molecular complexity index is 185. The van der Waals surface area contributed by atoms with Crippen molar-refractivity contribution in [2.45, 2.75) is 46.2 Å². The normalized spacial score (nSPS) is 11.9. The molecule has 0 atom stereocenters. The van der Waals surface area contributed by atoms with Crippen LogP contribution in [0.25, 0.3) is 0 Å². The number of carbonyl (C=O) groups excluding carboxylic acids is 1. The lowest BCUT2D eigenvalue weighted by atomic mass is 10.1. The molecular weight excluding hydrogens is 190 g/mol. The van der Waals surface area contributed by atoms with Crippen LogP contribution in [0.5, 0.6) is 0 Å². The molecule has 0 fully saturated rings. The molecule has 4 heteroatoms. The van der Waals surface area contributed by atoms with E-state index in [1.807, 2.05) is 13.8 Å². The van der Waals surface area contributed by atoms with E-state index in [9.17, 15) is 4.79 Å². The third-order valence-corrected chi connectivity index (χ3v) is 1.69. The maximum atomic E-state index is 11.2. The second-order valence-corrected chi connectivity index (χ2v) is 5.08. The summed E-state index contributed by atoms with van der Waals surface area (Å²) in [7, 11) is 0. The molecule has 0 spiro atoms. The van der Waals surface area contributed by atoms with Crippen molar-refractivity contribution < 1.29 is 4.79 Å². The summed E-state index contributed by atoms with van der Waals surface area (Å²) in [5.41, 5.74) is 0.141. The van der Waals surface area contributed by atoms with E-state index in [4.69, 9.17) is 0 Å². The van der Waals surface area contributed by atoms with Crippen LogP contribution in [0.2, 0.25) is 0 Å². The fourth-order valence-electron chi connectivity index (χ4n) is 1.10. The van der Waals surface area contributed by atoms with E-state index in [1.165, 1.54) is 0 Å². The van der Waals surface area contributed by atoms with Crippen molar-refractivity contribution in [2.75, 3.05) is 19.6 Å². The lowest BCUT2D eigenvalue weighted by molar-refractivity contribution is -0.120. The Hall–Kier alpha value is -0.610. The van der Waals surface area contributed by atoms with Crippen LogP contribution in [0.4, 0.5) is 0 Å². The van der Waals surface area contributed by atoms with Gasteiger partial charge in [0.2, 0.25) is 5.91 Å². The molecule has 0 aliphatic carbocycles. The van der Waals surface area contributed by atoms with Crippen molar-refractivity contribution >= 4 is 5.91 Å². The van der Waals surface area contributed by atoms with Crippen LogP contribution >= 0.6 is 0 Å². The van der Waals surface area contributed by atoms with Gasteiger partial charge in [0.1, 0.15) is 0 Å². The summed E-state index contributed by atoms with van der Waals surface area (Å²) >= 11 is 0. The Morgan fingerprint density at radius 3 is 2.27 bits per heavy atom. The second-order valence-electron chi connectivity index (χ2n) is 5.08. The van der Waals surface area contributed by atoms with Crippen LogP contribution in [0, 0.1) is 0 Å². The summed E-state index contributed by atoms with van der Waals surface area (Å²) in [6, 6.07) is 0.215. The highest BCUT2D eigenvalue weighted by Gasteiger charge is 2.07. The molecule has 90 valence electrons. The lowest BCUT2D eigenvalue weighted by Gasteiger charge is -2.20. The average molecular weight is 215 g/mol. The van der Waals surface area contributed by atoms with Gasteiger partial charge in [0.05, 0.1) is 6.54 Å². The van der Waals surface area contributed by atoms with Gasteiger partial charge in [0.15, 0.2) is 0 Å². The number of hydrogen-bond acceptors (Lipinski definition) is 3. The predicted molar refractivity (Wildman–Crippen MR) is 63.9 cm³/mol. The molecule has 0 aliphatic heterocycles. The molecule has 0 aromatic heterocycles. The van der Waals surface area contributed by atoms with Crippen LogP contribution in [-0.2, 0) is 4.79 Å². The molecule has 0 saturated heterocycles. The van der Waals surface area contributed by atoms with Crippen LogP contribution in [0.1, 0.15) is 34.6 Å². The molecule has 0 aliphatic rings. The Morgan fingerprint density at radius 2 is 1.80 bits per heavy atom. The fraction of sp³-hybridized carbons (Fsp3) is 0.909. The first-order valence-corrected chi connectivity index (χ1v) is 5.56. The first-order chi connectivity index (χ1) is 6.81. The molecule has 0 bridgehead atoms. The van der Waals surface area contributed by atoms with Crippen LogP contribution < -0.4 is 16.0 Å². The van der Waals surface area contributed by atoms with Gasteiger partial charge in [-0.2, -0.15) is 0 Å². The Labute approximate surface area is 93.2 Å². The van der Waals surface area contributed by atoms with Crippen molar-refractivity contribution in [2.24, 2.45) is 0 Å². The summed E-state index contributed by atoms with van der Waals surface area (Å²) in [6.45, 7) is 12.4. The van der Waals surface area contributed by atoms with Gasteiger partial charge in [-0.3, -0.25) is 4.79 Å². The molecule has 1 amide bonds. The molecule has 3 N–H and O–H groups in total. The van der Waals surface area contributed by atoms with Gasteiger partial charge >= 0.3 is 0 Å². The Kier molecular flexibility index (Phi) is 6.52. The molecular formula is C11H25N3O. The number of carbonyl (C=O) groups is 1. The molecule has 0 radical (unpaired) electrons. The molecule has 0 aromatic rings. The Balaban J connectivity index is 3.35. The number of rotatable bonds is 6. The molecule has 0 saturated carbocycles. The minimum Gasteiger partial charge on any atom is -0.353 e. The van der Waals surface area contributed by atoms with E-state index in [0.717, 1.165) is 13.1 Å². The van der Waals surface area contributed by atoms with E-state index in [1.54, 1.807) is 0 Å². The van der Waals surface area contributed by atoms with Gasteiger partial charge in [-0.25, -0.2) is 0 Å². The van der Waals surface area contributed by atoms with Gasteiger partial charge in [-0.15, -0.1) is 0 Å². The van der Waals surface area contributed by atoms with Gasteiger partial charge < -0.3 is 16.0 Å². The second kappa shape index (κ2) is 6.80. The summed E-state index contributed by atoms with van der Waals surface area (Å²) < 4.78 is 0. The first-order valence-electron chi connectivity index (χ1n) is 5.56. The minimum absolute atomic E-state index is 0.0563. The zero-order valence-electron chi connectivity index (χ0n) is 10.6. The zero-order valence-corrected chi connectivity index (χ0v) is 10.6. The van der Waals surface area contributed by atoms with Crippen LogP contribution in [-0.4, -0.2) is 37.1 Å². The maximum absolute atomic E-state index is 11.2. The number of hydrogen-bond donors (Lipinski definition) is 3. The average Bonchev–Trinajstić information content (AvgIpc) is 1.99. The SMILES string of the molecule is CC(C)NC(=O)CNCCNC(C)(C)C. The number of amides is 1. The smallest absolute Gasteiger partial charge is 0.234 e. The molecule has 0 unspecified atom stereocenters. The van der Waals surface area contributed by atoms with E-state index >= 15 is 0 Å². The van der Waals surface area contributed by atoms with Gasteiger partial charge in [-0.1, -0.05) is 0 Å². The largest absolute Gasteiger partial charge is 0.353 e. The highest BCUT2D eigenvalue weighted by Crippen LogP contribution is 1.96. The zero-order chi connectivity index (χ0) is 11.9. The highest BCUT2D eigenvalue weighted by molar-refractivity contribution is 5.78. The summed E-state index contributed by atoms with van der Waals surface area (Å²) in [5, 5.41) is 9.26.